The van der Waals surface area contributed by atoms with Gasteiger partial charge in [-0.05, 0) is 23.8 Å². The number of rotatable bonds is 5. The third-order valence-corrected chi connectivity index (χ3v) is 2.71. The maximum atomic E-state index is 5.30. The molecule has 0 aliphatic rings. The Morgan fingerprint density at radius 3 is 2.95 bits per heavy atom. The molecule has 0 aliphatic heterocycles. The van der Waals surface area contributed by atoms with Crippen molar-refractivity contribution in [1.82, 2.24) is 9.97 Å². The van der Waals surface area contributed by atoms with Crippen molar-refractivity contribution in [3.05, 3.63) is 42.1 Å². The maximum absolute atomic E-state index is 5.30. The SMILES string of the molecule is COc1cccc(CN(C)c2ccnc(NN)n2)c1. The molecule has 0 amide bonds. The van der Waals surface area contributed by atoms with Gasteiger partial charge in [0.05, 0.1) is 7.11 Å². The third-order valence-electron chi connectivity index (χ3n) is 2.71. The molecule has 100 valence electrons. The lowest BCUT2D eigenvalue weighted by molar-refractivity contribution is 0.414. The highest BCUT2D eigenvalue weighted by Crippen LogP contribution is 2.17. The Balaban J connectivity index is 2.13. The Labute approximate surface area is 112 Å². The monoisotopic (exact) mass is 259 g/mol. The molecule has 0 unspecified atom stereocenters. The molecule has 0 saturated carbocycles. The fraction of sp³-hybridized carbons (Fsp3) is 0.231. The van der Waals surface area contributed by atoms with Crippen LogP contribution in [0.25, 0.3) is 0 Å². The van der Waals surface area contributed by atoms with Crippen LogP contribution in [0.4, 0.5) is 11.8 Å². The van der Waals surface area contributed by atoms with Gasteiger partial charge in [0.15, 0.2) is 0 Å². The second kappa shape index (κ2) is 6.01. The summed E-state index contributed by atoms with van der Waals surface area (Å²) in [7, 11) is 3.62. The van der Waals surface area contributed by atoms with Gasteiger partial charge >= 0.3 is 0 Å². The van der Waals surface area contributed by atoms with E-state index in [1.165, 1.54) is 0 Å². The van der Waals surface area contributed by atoms with Crippen LogP contribution in [0.3, 0.4) is 0 Å². The van der Waals surface area contributed by atoms with Gasteiger partial charge in [-0.1, -0.05) is 12.1 Å². The molecule has 0 bridgehead atoms. The van der Waals surface area contributed by atoms with Crippen molar-refractivity contribution in [3.63, 3.8) is 0 Å². The van der Waals surface area contributed by atoms with E-state index in [2.05, 4.69) is 15.4 Å². The first-order valence-electron chi connectivity index (χ1n) is 5.86. The number of nitrogens with one attached hydrogen (secondary N) is 1. The quantitative estimate of drug-likeness (QED) is 0.624. The van der Waals surface area contributed by atoms with Crippen molar-refractivity contribution in [2.45, 2.75) is 6.54 Å². The van der Waals surface area contributed by atoms with E-state index in [1.54, 1.807) is 13.3 Å². The summed E-state index contributed by atoms with van der Waals surface area (Å²) in [5, 5.41) is 0. The van der Waals surface area contributed by atoms with Gasteiger partial charge in [-0.15, -0.1) is 0 Å². The zero-order chi connectivity index (χ0) is 13.7. The summed E-state index contributed by atoms with van der Waals surface area (Å²) in [4.78, 5) is 10.3. The molecular weight excluding hydrogens is 242 g/mol. The summed E-state index contributed by atoms with van der Waals surface area (Å²) < 4.78 is 5.21. The highest BCUT2D eigenvalue weighted by atomic mass is 16.5. The molecule has 0 radical (unpaired) electrons. The fourth-order valence-corrected chi connectivity index (χ4v) is 1.76. The lowest BCUT2D eigenvalue weighted by Crippen LogP contribution is -2.19. The van der Waals surface area contributed by atoms with E-state index in [1.807, 2.05) is 42.3 Å². The molecular formula is C13H17N5O. The van der Waals surface area contributed by atoms with E-state index in [4.69, 9.17) is 10.6 Å². The molecule has 0 aliphatic carbocycles. The molecule has 0 atom stereocenters. The number of ether oxygens (including phenoxy) is 1. The number of nitrogen functional groups attached to an aromatic ring is 1. The zero-order valence-electron chi connectivity index (χ0n) is 11.0. The normalized spacial score (nSPS) is 10.1. The van der Waals surface area contributed by atoms with Crippen LogP contribution in [0.1, 0.15) is 5.56 Å². The number of hydrogen-bond donors (Lipinski definition) is 2. The standard InChI is InChI=1S/C13H17N5O/c1-18(12-6-7-15-13(16-12)17-14)9-10-4-3-5-11(8-10)19-2/h3-8H,9,14H2,1-2H3,(H,15,16,17). The van der Waals surface area contributed by atoms with Gasteiger partial charge < -0.3 is 9.64 Å². The van der Waals surface area contributed by atoms with Crippen molar-refractivity contribution >= 4 is 11.8 Å². The molecule has 3 N–H and O–H groups in total. The van der Waals surface area contributed by atoms with Gasteiger partial charge in [-0.2, -0.15) is 4.98 Å². The van der Waals surface area contributed by atoms with Crippen molar-refractivity contribution in [2.75, 3.05) is 24.5 Å². The first-order chi connectivity index (χ1) is 9.22. The second-order valence-corrected chi connectivity index (χ2v) is 4.09. The Hall–Kier alpha value is -2.34. The largest absolute Gasteiger partial charge is 0.497 e. The number of aromatic nitrogens is 2. The number of nitrogens with two attached hydrogens (primary N) is 1. The van der Waals surface area contributed by atoms with E-state index in [9.17, 15) is 0 Å². The molecule has 2 aromatic rings. The first kappa shape index (κ1) is 13.1. The van der Waals surface area contributed by atoms with Gasteiger partial charge in [0.2, 0.25) is 5.95 Å². The van der Waals surface area contributed by atoms with Crippen molar-refractivity contribution in [1.29, 1.82) is 0 Å². The fourth-order valence-electron chi connectivity index (χ4n) is 1.76. The van der Waals surface area contributed by atoms with Gasteiger partial charge in [0.25, 0.3) is 0 Å². The zero-order valence-corrected chi connectivity index (χ0v) is 11.0. The molecule has 0 saturated heterocycles. The lowest BCUT2D eigenvalue weighted by atomic mass is 10.2. The number of anilines is 2. The highest BCUT2D eigenvalue weighted by Gasteiger charge is 2.05. The Bertz CT molecular complexity index is 546. The summed E-state index contributed by atoms with van der Waals surface area (Å²) in [6.45, 7) is 0.720. The first-order valence-corrected chi connectivity index (χ1v) is 5.86. The van der Waals surface area contributed by atoms with Gasteiger partial charge in [0.1, 0.15) is 11.6 Å². The minimum absolute atomic E-state index is 0.398. The van der Waals surface area contributed by atoms with Gasteiger partial charge in [0, 0.05) is 19.8 Å². The summed E-state index contributed by atoms with van der Waals surface area (Å²) in [6.07, 6.45) is 1.67. The Morgan fingerprint density at radius 2 is 2.21 bits per heavy atom. The number of hydrogen-bond acceptors (Lipinski definition) is 6. The minimum atomic E-state index is 0.398. The van der Waals surface area contributed by atoms with Crippen LogP contribution in [0, 0.1) is 0 Å². The van der Waals surface area contributed by atoms with Crippen molar-refractivity contribution in [3.8, 4) is 5.75 Å². The maximum Gasteiger partial charge on any atom is 0.239 e. The number of methoxy groups -OCH3 is 1. The van der Waals surface area contributed by atoms with E-state index in [0.717, 1.165) is 23.7 Å². The van der Waals surface area contributed by atoms with Crippen molar-refractivity contribution < 1.29 is 4.74 Å². The van der Waals surface area contributed by atoms with Gasteiger partial charge in [-0.3, -0.25) is 5.43 Å². The molecule has 0 fully saturated rings. The van der Waals surface area contributed by atoms with Crippen LogP contribution in [0.15, 0.2) is 36.5 Å². The van der Waals surface area contributed by atoms with Crippen molar-refractivity contribution in [2.24, 2.45) is 5.84 Å². The molecule has 6 heteroatoms. The molecule has 0 spiro atoms. The topological polar surface area (TPSA) is 76.3 Å². The molecule has 6 nitrogen and oxygen atoms in total. The predicted octanol–water partition coefficient (Wildman–Crippen LogP) is 1.41. The summed E-state index contributed by atoms with van der Waals surface area (Å²) in [5.41, 5.74) is 3.58. The number of benzene rings is 1. The predicted molar refractivity (Wildman–Crippen MR) is 74.9 cm³/mol. The van der Waals surface area contributed by atoms with E-state index in [-0.39, 0.29) is 0 Å². The summed E-state index contributed by atoms with van der Waals surface area (Å²) >= 11 is 0. The average molecular weight is 259 g/mol. The van der Waals surface area contributed by atoms with Crippen LogP contribution < -0.4 is 20.9 Å². The van der Waals surface area contributed by atoms with Crippen LogP contribution >= 0.6 is 0 Å². The minimum Gasteiger partial charge on any atom is -0.497 e. The molecule has 1 aromatic heterocycles. The Morgan fingerprint density at radius 1 is 1.37 bits per heavy atom. The third kappa shape index (κ3) is 3.32. The summed E-state index contributed by atoms with van der Waals surface area (Å²) in [6, 6.07) is 9.77. The van der Waals surface area contributed by atoms with E-state index >= 15 is 0 Å². The van der Waals surface area contributed by atoms with E-state index in [0.29, 0.717) is 5.95 Å². The average Bonchev–Trinajstić information content (AvgIpc) is 2.47. The summed E-state index contributed by atoms with van der Waals surface area (Å²) in [5.74, 6) is 7.34. The van der Waals surface area contributed by atoms with Crippen LogP contribution in [-0.2, 0) is 6.54 Å². The molecule has 19 heavy (non-hydrogen) atoms. The molecule has 2 rings (SSSR count). The number of hydrazine groups is 1. The van der Waals surface area contributed by atoms with Crippen LogP contribution in [0.5, 0.6) is 5.75 Å². The van der Waals surface area contributed by atoms with Crippen LogP contribution in [-0.4, -0.2) is 24.1 Å². The Kier molecular flexibility index (Phi) is 4.15. The molecule has 1 heterocycles. The molecule has 1 aromatic carbocycles. The van der Waals surface area contributed by atoms with Crippen LogP contribution in [0.2, 0.25) is 0 Å². The second-order valence-electron chi connectivity index (χ2n) is 4.09. The van der Waals surface area contributed by atoms with E-state index < -0.39 is 0 Å². The lowest BCUT2D eigenvalue weighted by Gasteiger charge is -2.18. The number of nitrogens with zero attached hydrogens (tertiary/aromatic N) is 3. The van der Waals surface area contributed by atoms with Gasteiger partial charge in [-0.25, -0.2) is 10.8 Å². The smallest absolute Gasteiger partial charge is 0.239 e. The highest BCUT2D eigenvalue weighted by molar-refractivity contribution is 5.42.